The predicted octanol–water partition coefficient (Wildman–Crippen LogP) is 0.815. The molecule has 4 nitrogen and oxygen atoms in total. The Hall–Kier alpha value is -1.29. The minimum atomic E-state index is 0.0318. The van der Waals surface area contributed by atoms with Gasteiger partial charge in [-0.15, -0.1) is 0 Å². The molecule has 1 fully saturated rings. The summed E-state index contributed by atoms with van der Waals surface area (Å²) >= 11 is 0. The first-order valence-electron chi connectivity index (χ1n) is 5.82. The molecule has 2 heterocycles. The standard InChI is InChI=1S/C12H19N3O/c1-9-5-6-11(15(9)2)12(16)14-10-4-3-7-13-8-10/h5-6,10,13H,3-4,7-8H2,1-2H3,(H,14,16)/t10-/m0/s1. The summed E-state index contributed by atoms with van der Waals surface area (Å²) in [4.78, 5) is 12.0. The molecule has 0 saturated carbocycles. The van der Waals surface area contributed by atoms with Crippen molar-refractivity contribution in [2.24, 2.45) is 7.05 Å². The Labute approximate surface area is 96.0 Å². The van der Waals surface area contributed by atoms with Gasteiger partial charge in [-0.1, -0.05) is 0 Å². The van der Waals surface area contributed by atoms with Gasteiger partial charge in [-0.05, 0) is 38.4 Å². The molecule has 1 aliphatic rings. The van der Waals surface area contributed by atoms with Crippen LogP contribution >= 0.6 is 0 Å². The summed E-state index contributed by atoms with van der Waals surface area (Å²) in [6, 6.07) is 4.12. The molecular formula is C12H19N3O. The van der Waals surface area contributed by atoms with Crippen molar-refractivity contribution in [3.63, 3.8) is 0 Å². The summed E-state index contributed by atoms with van der Waals surface area (Å²) in [5, 5.41) is 6.36. The molecule has 0 unspecified atom stereocenters. The van der Waals surface area contributed by atoms with Crippen LogP contribution in [-0.4, -0.2) is 29.6 Å². The molecule has 1 aromatic rings. The second-order valence-corrected chi connectivity index (χ2v) is 4.44. The number of carbonyl (C=O) groups excluding carboxylic acids is 1. The van der Waals surface area contributed by atoms with Crippen LogP contribution in [0.3, 0.4) is 0 Å². The van der Waals surface area contributed by atoms with Crippen LogP contribution < -0.4 is 10.6 Å². The van der Waals surface area contributed by atoms with Gasteiger partial charge in [-0.2, -0.15) is 0 Å². The van der Waals surface area contributed by atoms with Crippen LogP contribution in [0.5, 0.6) is 0 Å². The Kier molecular flexibility index (Phi) is 3.29. The van der Waals surface area contributed by atoms with E-state index in [-0.39, 0.29) is 11.9 Å². The zero-order valence-electron chi connectivity index (χ0n) is 9.92. The molecule has 0 aromatic carbocycles. The van der Waals surface area contributed by atoms with Crippen LogP contribution in [0.15, 0.2) is 12.1 Å². The van der Waals surface area contributed by atoms with E-state index in [4.69, 9.17) is 0 Å². The van der Waals surface area contributed by atoms with Crippen LogP contribution in [-0.2, 0) is 7.05 Å². The lowest BCUT2D eigenvalue weighted by atomic mass is 10.1. The lowest BCUT2D eigenvalue weighted by Crippen LogP contribution is -2.45. The van der Waals surface area contributed by atoms with Gasteiger partial charge in [0.25, 0.3) is 5.91 Å². The highest BCUT2D eigenvalue weighted by Crippen LogP contribution is 2.07. The van der Waals surface area contributed by atoms with Crippen molar-refractivity contribution >= 4 is 5.91 Å². The first kappa shape index (κ1) is 11.2. The molecule has 4 heteroatoms. The number of aromatic nitrogens is 1. The van der Waals surface area contributed by atoms with Gasteiger partial charge in [0.1, 0.15) is 5.69 Å². The van der Waals surface area contributed by atoms with E-state index < -0.39 is 0 Å². The number of carbonyl (C=O) groups is 1. The summed E-state index contributed by atoms with van der Waals surface area (Å²) in [5.41, 5.74) is 1.84. The van der Waals surface area contributed by atoms with Gasteiger partial charge in [-0.25, -0.2) is 0 Å². The van der Waals surface area contributed by atoms with Crippen LogP contribution in [0, 0.1) is 6.92 Å². The lowest BCUT2D eigenvalue weighted by molar-refractivity contribution is 0.0922. The number of amides is 1. The number of nitrogens with zero attached hydrogens (tertiary/aromatic N) is 1. The number of hydrogen-bond donors (Lipinski definition) is 2. The monoisotopic (exact) mass is 221 g/mol. The van der Waals surface area contributed by atoms with Crippen molar-refractivity contribution < 1.29 is 4.79 Å². The highest BCUT2D eigenvalue weighted by molar-refractivity contribution is 5.93. The minimum absolute atomic E-state index is 0.0318. The molecule has 88 valence electrons. The highest BCUT2D eigenvalue weighted by atomic mass is 16.2. The summed E-state index contributed by atoms with van der Waals surface area (Å²) in [5.74, 6) is 0.0318. The van der Waals surface area contributed by atoms with Gasteiger partial charge >= 0.3 is 0 Å². The number of piperidine rings is 1. The van der Waals surface area contributed by atoms with Crippen LogP contribution in [0.2, 0.25) is 0 Å². The molecule has 1 saturated heterocycles. The van der Waals surface area contributed by atoms with E-state index in [0.29, 0.717) is 0 Å². The Morgan fingerprint density at radius 2 is 2.38 bits per heavy atom. The van der Waals surface area contributed by atoms with Crippen molar-refractivity contribution in [1.82, 2.24) is 15.2 Å². The van der Waals surface area contributed by atoms with E-state index in [1.807, 2.05) is 30.7 Å². The zero-order valence-corrected chi connectivity index (χ0v) is 9.92. The van der Waals surface area contributed by atoms with Crippen molar-refractivity contribution in [3.05, 3.63) is 23.5 Å². The normalized spacial score (nSPS) is 20.8. The lowest BCUT2D eigenvalue weighted by Gasteiger charge is -2.23. The van der Waals surface area contributed by atoms with Crippen LogP contribution in [0.25, 0.3) is 0 Å². The van der Waals surface area contributed by atoms with Gasteiger partial charge < -0.3 is 15.2 Å². The van der Waals surface area contributed by atoms with Crippen molar-refractivity contribution in [2.75, 3.05) is 13.1 Å². The Morgan fingerprint density at radius 1 is 1.56 bits per heavy atom. The second kappa shape index (κ2) is 4.70. The topological polar surface area (TPSA) is 46.1 Å². The smallest absolute Gasteiger partial charge is 0.268 e. The highest BCUT2D eigenvalue weighted by Gasteiger charge is 2.17. The average Bonchev–Trinajstić information content (AvgIpc) is 2.61. The summed E-state index contributed by atoms with van der Waals surface area (Å²) in [6.45, 7) is 3.95. The molecule has 16 heavy (non-hydrogen) atoms. The Bertz CT molecular complexity index is 378. The predicted molar refractivity (Wildman–Crippen MR) is 63.5 cm³/mol. The quantitative estimate of drug-likeness (QED) is 0.776. The number of hydrogen-bond acceptors (Lipinski definition) is 2. The summed E-state index contributed by atoms with van der Waals surface area (Å²) < 4.78 is 1.92. The molecule has 1 amide bonds. The molecule has 0 aliphatic carbocycles. The molecule has 0 bridgehead atoms. The molecule has 2 rings (SSSR count). The van der Waals surface area contributed by atoms with Crippen molar-refractivity contribution in [3.8, 4) is 0 Å². The van der Waals surface area contributed by atoms with Crippen molar-refractivity contribution in [1.29, 1.82) is 0 Å². The third kappa shape index (κ3) is 2.27. The maximum atomic E-state index is 12.0. The van der Waals surface area contributed by atoms with Crippen molar-refractivity contribution in [2.45, 2.75) is 25.8 Å². The maximum absolute atomic E-state index is 12.0. The van der Waals surface area contributed by atoms with Gasteiger partial charge in [0.05, 0.1) is 0 Å². The van der Waals surface area contributed by atoms with E-state index >= 15 is 0 Å². The summed E-state index contributed by atoms with van der Waals surface area (Å²) in [6.07, 6.45) is 2.21. The van der Waals surface area contributed by atoms with E-state index in [0.717, 1.165) is 37.3 Å². The molecule has 1 atom stereocenters. The Balaban J connectivity index is 1.99. The molecule has 0 radical (unpaired) electrons. The number of rotatable bonds is 2. The minimum Gasteiger partial charge on any atom is -0.347 e. The molecule has 2 N–H and O–H groups in total. The van der Waals surface area contributed by atoms with E-state index in [1.54, 1.807) is 0 Å². The fourth-order valence-corrected chi connectivity index (χ4v) is 2.08. The number of aryl methyl sites for hydroxylation is 1. The maximum Gasteiger partial charge on any atom is 0.268 e. The molecular weight excluding hydrogens is 202 g/mol. The fraction of sp³-hybridized carbons (Fsp3) is 0.583. The van der Waals surface area contributed by atoms with Gasteiger partial charge in [0.2, 0.25) is 0 Å². The fourth-order valence-electron chi connectivity index (χ4n) is 2.08. The van der Waals surface area contributed by atoms with Gasteiger partial charge in [0, 0.05) is 25.3 Å². The number of nitrogens with one attached hydrogen (secondary N) is 2. The second-order valence-electron chi connectivity index (χ2n) is 4.44. The molecule has 1 aliphatic heterocycles. The summed E-state index contributed by atoms with van der Waals surface area (Å²) in [7, 11) is 1.92. The molecule has 0 spiro atoms. The van der Waals surface area contributed by atoms with E-state index in [9.17, 15) is 4.79 Å². The average molecular weight is 221 g/mol. The Morgan fingerprint density at radius 3 is 2.94 bits per heavy atom. The third-order valence-electron chi connectivity index (χ3n) is 3.24. The third-order valence-corrected chi connectivity index (χ3v) is 3.24. The first-order valence-corrected chi connectivity index (χ1v) is 5.82. The SMILES string of the molecule is Cc1ccc(C(=O)N[C@H]2CCCNC2)n1C. The van der Waals surface area contributed by atoms with Crippen LogP contribution in [0.4, 0.5) is 0 Å². The van der Waals surface area contributed by atoms with Crippen LogP contribution in [0.1, 0.15) is 29.0 Å². The van der Waals surface area contributed by atoms with E-state index in [2.05, 4.69) is 10.6 Å². The van der Waals surface area contributed by atoms with Gasteiger partial charge in [0.15, 0.2) is 0 Å². The van der Waals surface area contributed by atoms with Gasteiger partial charge in [-0.3, -0.25) is 4.79 Å². The largest absolute Gasteiger partial charge is 0.347 e. The molecule has 1 aromatic heterocycles. The van der Waals surface area contributed by atoms with E-state index in [1.165, 1.54) is 0 Å². The zero-order chi connectivity index (χ0) is 11.5. The first-order chi connectivity index (χ1) is 7.68.